The topological polar surface area (TPSA) is 88.0 Å². The van der Waals surface area contributed by atoms with E-state index < -0.39 is 22.8 Å². The van der Waals surface area contributed by atoms with E-state index in [9.17, 15) is 23.3 Å². The molecule has 0 saturated carbocycles. The third-order valence-corrected chi connectivity index (χ3v) is 5.90. The van der Waals surface area contributed by atoms with Crippen LogP contribution in [0.5, 0.6) is 0 Å². The Hall–Kier alpha value is -3.95. The molecular formula is C23H18F3N5O2. The fraction of sp³-hybridized carbons (Fsp3) is 0.217. The van der Waals surface area contributed by atoms with Gasteiger partial charge in [0.15, 0.2) is 0 Å². The van der Waals surface area contributed by atoms with Crippen LogP contribution in [0.1, 0.15) is 34.1 Å². The van der Waals surface area contributed by atoms with Crippen LogP contribution in [0.25, 0.3) is 10.9 Å². The largest absolute Gasteiger partial charge is 0.433 e. The van der Waals surface area contributed by atoms with E-state index in [2.05, 4.69) is 15.0 Å². The van der Waals surface area contributed by atoms with Gasteiger partial charge in [-0.05, 0) is 36.6 Å². The number of hydrogen-bond acceptors (Lipinski definition) is 5. The van der Waals surface area contributed by atoms with Crippen molar-refractivity contribution in [3.63, 3.8) is 0 Å². The summed E-state index contributed by atoms with van der Waals surface area (Å²) in [6.45, 7) is 2.30. The second-order valence-corrected chi connectivity index (χ2v) is 8.00. The molecule has 5 rings (SSSR count). The van der Waals surface area contributed by atoms with Crippen LogP contribution in [0.3, 0.4) is 0 Å². The molecule has 1 unspecified atom stereocenters. The summed E-state index contributed by atoms with van der Waals surface area (Å²) in [5.41, 5.74) is 3.28. The number of hydrogen-bond donors (Lipinski definition) is 1. The lowest BCUT2D eigenvalue weighted by molar-refractivity contribution is -0.384. The van der Waals surface area contributed by atoms with Gasteiger partial charge >= 0.3 is 6.18 Å². The molecule has 1 aliphatic rings. The van der Waals surface area contributed by atoms with E-state index in [-0.39, 0.29) is 11.6 Å². The number of nitrogens with zero attached hydrogens (tertiary/aromatic N) is 4. The van der Waals surface area contributed by atoms with Crippen LogP contribution in [0.15, 0.2) is 54.7 Å². The summed E-state index contributed by atoms with van der Waals surface area (Å²) in [5.74, 6) is -0.0225. The molecule has 3 heterocycles. The Balaban J connectivity index is 1.69. The molecule has 1 N–H and O–H groups in total. The highest BCUT2D eigenvalue weighted by Crippen LogP contribution is 2.41. The zero-order chi connectivity index (χ0) is 23.3. The fourth-order valence-electron chi connectivity index (χ4n) is 4.35. The minimum atomic E-state index is -4.59. The van der Waals surface area contributed by atoms with E-state index in [1.54, 1.807) is 11.0 Å². The summed E-state index contributed by atoms with van der Waals surface area (Å²) >= 11 is 0. The number of halogens is 3. The van der Waals surface area contributed by atoms with E-state index in [0.29, 0.717) is 13.0 Å². The van der Waals surface area contributed by atoms with Crippen LogP contribution >= 0.6 is 0 Å². The highest BCUT2D eigenvalue weighted by molar-refractivity contribution is 5.88. The molecule has 0 saturated heterocycles. The second-order valence-electron chi connectivity index (χ2n) is 8.00. The average molecular weight is 453 g/mol. The second kappa shape index (κ2) is 7.58. The number of fused-ring (bicyclic) bond motifs is 3. The maximum Gasteiger partial charge on any atom is 0.433 e. The van der Waals surface area contributed by atoms with Gasteiger partial charge in [0.2, 0.25) is 5.95 Å². The van der Waals surface area contributed by atoms with Crippen LogP contribution in [0.4, 0.5) is 24.8 Å². The third-order valence-electron chi connectivity index (χ3n) is 5.90. The van der Waals surface area contributed by atoms with E-state index in [0.717, 1.165) is 45.6 Å². The molecule has 33 heavy (non-hydrogen) atoms. The molecule has 2 aromatic carbocycles. The molecule has 0 spiro atoms. The van der Waals surface area contributed by atoms with Gasteiger partial charge in [-0.25, -0.2) is 9.97 Å². The van der Waals surface area contributed by atoms with Gasteiger partial charge < -0.3 is 9.88 Å². The summed E-state index contributed by atoms with van der Waals surface area (Å²) in [5, 5.41) is 12.0. The highest BCUT2D eigenvalue weighted by atomic mass is 19.4. The molecule has 0 fully saturated rings. The maximum atomic E-state index is 13.3. The van der Waals surface area contributed by atoms with Crippen molar-refractivity contribution in [3.8, 4) is 0 Å². The minimum Gasteiger partial charge on any atom is -0.356 e. The first-order valence-electron chi connectivity index (χ1n) is 10.2. The lowest BCUT2D eigenvalue weighted by atomic mass is 9.92. The number of alkyl halides is 3. The zero-order valence-electron chi connectivity index (χ0n) is 17.4. The van der Waals surface area contributed by atoms with Crippen molar-refractivity contribution >= 4 is 22.5 Å². The van der Waals surface area contributed by atoms with Crippen LogP contribution < -0.4 is 4.90 Å². The quantitative estimate of drug-likeness (QED) is 0.334. The van der Waals surface area contributed by atoms with Crippen LogP contribution in [-0.4, -0.2) is 26.4 Å². The molecule has 0 aliphatic carbocycles. The predicted molar refractivity (Wildman–Crippen MR) is 116 cm³/mol. The van der Waals surface area contributed by atoms with Gasteiger partial charge in [-0.15, -0.1) is 0 Å². The van der Waals surface area contributed by atoms with Crippen molar-refractivity contribution < 1.29 is 18.1 Å². The monoisotopic (exact) mass is 453 g/mol. The van der Waals surface area contributed by atoms with Crippen LogP contribution in [0.2, 0.25) is 0 Å². The van der Waals surface area contributed by atoms with Gasteiger partial charge in [0, 0.05) is 41.5 Å². The van der Waals surface area contributed by atoms with Gasteiger partial charge in [0.1, 0.15) is 5.69 Å². The molecule has 1 atom stereocenters. The number of nitrogens with one attached hydrogen (secondary N) is 1. The normalized spacial score (nSPS) is 16.1. The first-order chi connectivity index (χ1) is 15.7. The third kappa shape index (κ3) is 3.67. The standard InChI is InChI=1S/C23H18F3N5O2/c1-13-2-4-14(5-3-13)21-20-16(17-12-15(31(32)33)6-7-18(17)28-20)9-11-30(21)22-27-10-8-19(29-22)23(24,25)26/h2-8,10,12,21,28H,9,11H2,1H3. The Labute approximate surface area is 186 Å². The molecule has 7 nitrogen and oxygen atoms in total. The van der Waals surface area contributed by atoms with Crippen molar-refractivity contribution in [3.05, 3.63) is 92.9 Å². The number of aromatic amines is 1. The molecule has 10 heteroatoms. The molecule has 0 amide bonds. The van der Waals surface area contributed by atoms with E-state index in [1.165, 1.54) is 12.1 Å². The van der Waals surface area contributed by atoms with Crippen molar-refractivity contribution in [2.45, 2.75) is 25.6 Å². The van der Waals surface area contributed by atoms with Crippen molar-refractivity contribution in [2.24, 2.45) is 0 Å². The summed E-state index contributed by atoms with van der Waals surface area (Å²) in [4.78, 5) is 23.9. The minimum absolute atomic E-state index is 0.0140. The number of benzene rings is 2. The number of non-ortho nitro benzene ring substituents is 1. The number of aryl methyl sites for hydroxylation is 1. The number of nitro benzene ring substituents is 1. The number of H-pyrrole nitrogens is 1. The summed E-state index contributed by atoms with van der Waals surface area (Å²) in [6.07, 6.45) is -3.00. The van der Waals surface area contributed by atoms with Gasteiger partial charge in [0.25, 0.3) is 5.69 Å². The summed E-state index contributed by atoms with van der Waals surface area (Å²) < 4.78 is 39.9. The predicted octanol–water partition coefficient (Wildman–Crippen LogP) is 5.35. The first kappa shape index (κ1) is 20.9. The van der Waals surface area contributed by atoms with E-state index in [4.69, 9.17) is 0 Å². The van der Waals surface area contributed by atoms with Crippen molar-refractivity contribution in [1.29, 1.82) is 0 Å². The molecular weight excluding hydrogens is 435 g/mol. The lowest BCUT2D eigenvalue weighted by Crippen LogP contribution is -2.37. The van der Waals surface area contributed by atoms with Gasteiger partial charge in [-0.1, -0.05) is 29.8 Å². The Morgan fingerprint density at radius 2 is 1.91 bits per heavy atom. The van der Waals surface area contributed by atoms with E-state index in [1.807, 2.05) is 31.2 Å². The number of anilines is 1. The fourth-order valence-corrected chi connectivity index (χ4v) is 4.35. The Morgan fingerprint density at radius 3 is 2.61 bits per heavy atom. The Bertz CT molecular complexity index is 1370. The SMILES string of the molecule is Cc1ccc(C2c3[nH]c4ccc([N+](=O)[O-])cc4c3CCN2c2nccc(C(F)(F)F)n2)cc1. The van der Waals surface area contributed by atoms with Gasteiger partial charge in [0.05, 0.1) is 11.0 Å². The smallest absolute Gasteiger partial charge is 0.356 e. The van der Waals surface area contributed by atoms with Crippen LogP contribution in [0, 0.1) is 17.0 Å². The molecule has 4 aromatic rings. The number of aromatic nitrogens is 3. The maximum absolute atomic E-state index is 13.3. The Morgan fingerprint density at radius 1 is 1.15 bits per heavy atom. The zero-order valence-corrected chi connectivity index (χ0v) is 17.4. The molecule has 0 bridgehead atoms. The molecule has 1 aliphatic heterocycles. The van der Waals surface area contributed by atoms with Crippen molar-refractivity contribution in [2.75, 3.05) is 11.4 Å². The van der Waals surface area contributed by atoms with Crippen LogP contribution in [-0.2, 0) is 12.6 Å². The number of nitro groups is 1. The molecule has 168 valence electrons. The summed E-state index contributed by atoms with van der Waals surface area (Å²) in [6, 6.07) is 12.7. The molecule has 2 aromatic heterocycles. The highest BCUT2D eigenvalue weighted by Gasteiger charge is 2.37. The Kier molecular flexibility index (Phi) is 4.80. The first-order valence-corrected chi connectivity index (χ1v) is 10.2. The van der Waals surface area contributed by atoms with E-state index >= 15 is 0 Å². The number of rotatable bonds is 3. The van der Waals surface area contributed by atoms with Gasteiger partial charge in [-0.2, -0.15) is 13.2 Å². The lowest BCUT2D eigenvalue weighted by Gasteiger charge is -2.36. The average Bonchev–Trinajstić information content (AvgIpc) is 3.16. The molecule has 0 radical (unpaired) electrons. The summed E-state index contributed by atoms with van der Waals surface area (Å²) in [7, 11) is 0. The van der Waals surface area contributed by atoms with Crippen molar-refractivity contribution in [1.82, 2.24) is 15.0 Å². The van der Waals surface area contributed by atoms with Gasteiger partial charge in [-0.3, -0.25) is 10.1 Å².